The molecular weight excluding hydrogens is 346 g/mol. The molecule has 0 saturated carbocycles. The van der Waals surface area contributed by atoms with Gasteiger partial charge in [0.1, 0.15) is 0 Å². The number of hydrogen-bond acceptors (Lipinski definition) is 4. The summed E-state index contributed by atoms with van der Waals surface area (Å²) < 4.78 is 5.07. The second-order valence-corrected chi connectivity index (χ2v) is 6.27. The van der Waals surface area contributed by atoms with Crippen molar-refractivity contribution >= 4 is 24.0 Å². The minimum Gasteiger partial charge on any atom is -0.481 e. The Hall–Kier alpha value is -3.41. The van der Waals surface area contributed by atoms with Crippen LogP contribution < -0.4 is 0 Å². The summed E-state index contributed by atoms with van der Waals surface area (Å²) in [5.74, 6) is -1.58. The molecule has 2 aromatic carbocycles. The molecule has 0 aromatic heterocycles. The Bertz CT molecular complexity index is 932. The second-order valence-electron chi connectivity index (χ2n) is 6.27. The van der Waals surface area contributed by atoms with E-state index in [-0.39, 0.29) is 25.1 Å². The fourth-order valence-corrected chi connectivity index (χ4v) is 2.93. The largest absolute Gasteiger partial charge is 0.481 e. The topological polar surface area (TPSA) is 83.9 Å². The molecule has 1 aliphatic rings. The van der Waals surface area contributed by atoms with E-state index < -0.39 is 18.0 Å². The molecule has 1 saturated heterocycles. The van der Waals surface area contributed by atoms with E-state index >= 15 is 0 Å². The van der Waals surface area contributed by atoms with E-state index in [1.807, 2.05) is 55.5 Å². The van der Waals surface area contributed by atoms with Crippen LogP contribution in [0, 0.1) is 6.92 Å². The van der Waals surface area contributed by atoms with Gasteiger partial charge < -0.3 is 9.84 Å². The number of carbonyl (C=O) groups excluding carboxylic acids is 2. The van der Waals surface area contributed by atoms with Crippen molar-refractivity contribution in [2.45, 2.75) is 19.8 Å². The Morgan fingerprint density at radius 1 is 1.15 bits per heavy atom. The average molecular weight is 365 g/mol. The zero-order chi connectivity index (χ0) is 19.4. The van der Waals surface area contributed by atoms with E-state index in [9.17, 15) is 14.4 Å². The van der Waals surface area contributed by atoms with Crippen molar-refractivity contribution in [1.82, 2.24) is 4.90 Å². The SMILES string of the molecule is Cc1ccccc1-c1cccc(C=C2OC(=O)N(CCCC(=O)O)C2=O)c1. The number of cyclic esters (lactones) is 1. The molecule has 1 aliphatic heterocycles. The highest BCUT2D eigenvalue weighted by Gasteiger charge is 2.36. The van der Waals surface area contributed by atoms with Crippen LogP contribution in [0.5, 0.6) is 0 Å². The molecule has 0 radical (unpaired) electrons. The number of ether oxygens (including phenoxy) is 1. The average Bonchev–Trinajstić information content (AvgIpc) is 2.89. The number of nitrogens with zero attached hydrogens (tertiary/aromatic N) is 1. The highest BCUT2D eigenvalue weighted by atomic mass is 16.6. The van der Waals surface area contributed by atoms with E-state index in [1.165, 1.54) is 6.08 Å². The highest BCUT2D eigenvalue weighted by molar-refractivity contribution is 6.10. The van der Waals surface area contributed by atoms with Crippen molar-refractivity contribution in [1.29, 1.82) is 0 Å². The molecule has 2 aromatic rings. The normalized spacial score (nSPS) is 15.3. The molecule has 138 valence electrons. The van der Waals surface area contributed by atoms with Crippen LogP contribution in [-0.2, 0) is 14.3 Å². The van der Waals surface area contributed by atoms with Crippen LogP contribution in [0.3, 0.4) is 0 Å². The van der Waals surface area contributed by atoms with Crippen LogP contribution in [0.1, 0.15) is 24.0 Å². The first kappa shape index (κ1) is 18.4. The monoisotopic (exact) mass is 365 g/mol. The maximum atomic E-state index is 12.4. The smallest absolute Gasteiger partial charge is 0.422 e. The molecule has 3 rings (SSSR count). The molecule has 6 nitrogen and oxygen atoms in total. The highest BCUT2D eigenvalue weighted by Crippen LogP contribution is 2.26. The maximum Gasteiger partial charge on any atom is 0.422 e. The second kappa shape index (κ2) is 7.86. The van der Waals surface area contributed by atoms with Crippen LogP contribution in [-0.4, -0.2) is 34.5 Å². The van der Waals surface area contributed by atoms with Crippen LogP contribution in [0.15, 0.2) is 54.3 Å². The first-order valence-electron chi connectivity index (χ1n) is 8.59. The summed E-state index contributed by atoms with van der Waals surface area (Å²) in [7, 11) is 0. The first-order chi connectivity index (χ1) is 13.0. The van der Waals surface area contributed by atoms with Gasteiger partial charge in [0.25, 0.3) is 5.91 Å². The van der Waals surface area contributed by atoms with E-state index in [1.54, 1.807) is 0 Å². The van der Waals surface area contributed by atoms with Crippen molar-refractivity contribution in [2.24, 2.45) is 0 Å². The van der Waals surface area contributed by atoms with E-state index in [4.69, 9.17) is 9.84 Å². The third-order valence-electron chi connectivity index (χ3n) is 4.29. The Morgan fingerprint density at radius 2 is 1.93 bits per heavy atom. The van der Waals surface area contributed by atoms with Crippen LogP contribution in [0.25, 0.3) is 17.2 Å². The summed E-state index contributed by atoms with van der Waals surface area (Å²) in [6, 6.07) is 15.6. The lowest BCUT2D eigenvalue weighted by Crippen LogP contribution is -2.30. The Kier molecular flexibility index (Phi) is 5.35. The molecule has 1 fully saturated rings. The lowest BCUT2D eigenvalue weighted by Gasteiger charge is -2.08. The van der Waals surface area contributed by atoms with Crippen molar-refractivity contribution < 1.29 is 24.2 Å². The molecule has 0 atom stereocenters. The first-order valence-corrected chi connectivity index (χ1v) is 8.59. The number of aliphatic carboxylic acids is 1. The van der Waals surface area contributed by atoms with Crippen LogP contribution >= 0.6 is 0 Å². The standard InChI is InChI=1S/C21H19NO5/c1-14-6-2-3-9-17(14)16-8-4-7-15(12-16)13-18-20(25)22(21(26)27-18)11-5-10-19(23)24/h2-4,6-9,12-13H,5,10-11H2,1H3,(H,23,24). The summed E-state index contributed by atoms with van der Waals surface area (Å²) in [6.45, 7) is 2.04. The van der Waals surface area contributed by atoms with Crippen molar-refractivity contribution in [3.05, 3.63) is 65.4 Å². The van der Waals surface area contributed by atoms with Crippen molar-refractivity contribution in [3.8, 4) is 11.1 Å². The predicted molar refractivity (Wildman–Crippen MR) is 99.7 cm³/mol. The third kappa shape index (κ3) is 4.23. The molecule has 0 bridgehead atoms. The summed E-state index contributed by atoms with van der Waals surface area (Å²) in [6.07, 6.45) is 0.826. The quantitative estimate of drug-likeness (QED) is 0.786. The van der Waals surface area contributed by atoms with Gasteiger partial charge in [-0.2, -0.15) is 0 Å². The summed E-state index contributed by atoms with van der Waals surface area (Å²) >= 11 is 0. The molecule has 27 heavy (non-hydrogen) atoms. The minimum absolute atomic E-state index is 0.0184. The van der Waals surface area contributed by atoms with Crippen LogP contribution in [0.2, 0.25) is 0 Å². The van der Waals surface area contributed by atoms with E-state index in [0.717, 1.165) is 27.2 Å². The molecule has 0 unspecified atom stereocenters. The molecule has 1 heterocycles. The molecule has 1 N–H and O–H groups in total. The predicted octanol–water partition coefficient (Wildman–Crippen LogP) is 3.85. The summed E-state index contributed by atoms with van der Waals surface area (Å²) in [5, 5.41) is 8.67. The number of amides is 2. The Labute approximate surface area is 156 Å². The van der Waals surface area contributed by atoms with Gasteiger partial charge in [0, 0.05) is 13.0 Å². The number of rotatable bonds is 6. The third-order valence-corrected chi connectivity index (χ3v) is 4.29. The minimum atomic E-state index is -0.973. The molecular formula is C21H19NO5. The zero-order valence-corrected chi connectivity index (χ0v) is 14.8. The molecule has 2 amide bonds. The number of hydrogen-bond donors (Lipinski definition) is 1. The van der Waals surface area contributed by atoms with Gasteiger partial charge in [-0.15, -0.1) is 0 Å². The van der Waals surface area contributed by atoms with E-state index in [2.05, 4.69) is 0 Å². The molecule has 0 aliphatic carbocycles. The summed E-state index contributed by atoms with van der Waals surface area (Å²) in [5.41, 5.74) is 3.95. The Balaban J connectivity index is 1.80. The lowest BCUT2D eigenvalue weighted by atomic mass is 9.99. The Morgan fingerprint density at radius 3 is 2.67 bits per heavy atom. The van der Waals surface area contributed by atoms with Gasteiger partial charge >= 0.3 is 12.1 Å². The van der Waals surface area contributed by atoms with Gasteiger partial charge in [-0.3, -0.25) is 9.59 Å². The molecule has 0 spiro atoms. The van der Waals surface area contributed by atoms with Crippen molar-refractivity contribution in [3.63, 3.8) is 0 Å². The van der Waals surface area contributed by atoms with Gasteiger partial charge in [0.2, 0.25) is 0 Å². The number of carbonyl (C=O) groups is 3. The van der Waals surface area contributed by atoms with E-state index in [0.29, 0.717) is 0 Å². The van der Waals surface area contributed by atoms with Gasteiger partial charge in [-0.25, -0.2) is 9.69 Å². The lowest BCUT2D eigenvalue weighted by molar-refractivity contribution is -0.137. The maximum absolute atomic E-state index is 12.4. The van der Waals surface area contributed by atoms with Gasteiger partial charge in [-0.1, -0.05) is 42.5 Å². The summed E-state index contributed by atoms with van der Waals surface area (Å²) in [4.78, 5) is 35.8. The van der Waals surface area contributed by atoms with Crippen molar-refractivity contribution in [2.75, 3.05) is 6.54 Å². The van der Waals surface area contributed by atoms with Crippen LogP contribution in [0.4, 0.5) is 4.79 Å². The van der Waals surface area contributed by atoms with Gasteiger partial charge in [-0.05, 0) is 47.7 Å². The number of carboxylic acid groups (broad SMARTS) is 1. The fraction of sp³-hybridized carbons (Fsp3) is 0.190. The number of aryl methyl sites for hydroxylation is 1. The number of imide groups is 1. The number of benzene rings is 2. The van der Waals surface area contributed by atoms with Gasteiger partial charge in [0.15, 0.2) is 5.76 Å². The molecule has 6 heteroatoms. The number of carboxylic acids is 1. The zero-order valence-electron chi connectivity index (χ0n) is 14.8. The fourth-order valence-electron chi connectivity index (χ4n) is 2.93. The van der Waals surface area contributed by atoms with Gasteiger partial charge in [0.05, 0.1) is 0 Å².